The van der Waals surface area contributed by atoms with Crippen LogP contribution in [0.15, 0.2) is 0 Å². The molecular weight excluding hydrogens is 216 g/mol. The lowest BCUT2D eigenvalue weighted by Crippen LogP contribution is -2.49. The highest BCUT2D eigenvalue weighted by Gasteiger charge is 2.26. The fraction of sp³-hybridized carbons (Fsp3) is 0.923. The third-order valence-electron chi connectivity index (χ3n) is 4.00. The summed E-state index contributed by atoms with van der Waals surface area (Å²) in [7, 11) is 0. The molecule has 0 aromatic rings. The van der Waals surface area contributed by atoms with Gasteiger partial charge in [0.05, 0.1) is 6.54 Å². The number of carbonyl (C=O) groups is 1. The van der Waals surface area contributed by atoms with Gasteiger partial charge in [0.25, 0.3) is 0 Å². The van der Waals surface area contributed by atoms with Gasteiger partial charge in [0, 0.05) is 12.6 Å². The molecular formula is C13H24N2O2. The number of aliphatic carboxylic acids is 1. The molecule has 2 saturated heterocycles. The van der Waals surface area contributed by atoms with Crippen molar-refractivity contribution in [3.63, 3.8) is 0 Å². The Morgan fingerprint density at radius 1 is 1.06 bits per heavy atom. The summed E-state index contributed by atoms with van der Waals surface area (Å²) in [4.78, 5) is 15.4. The van der Waals surface area contributed by atoms with Gasteiger partial charge < -0.3 is 5.11 Å². The van der Waals surface area contributed by atoms with Crippen LogP contribution in [0, 0.1) is 0 Å². The third kappa shape index (κ3) is 3.96. The molecule has 0 bridgehead atoms. The van der Waals surface area contributed by atoms with Crippen molar-refractivity contribution < 1.29 is 9.90 Å². The van der Waals surface area contributed by atoms with Crippen LogP contribution >= 0.6 is 0 Å². The molecule has 0 saturated carbocycles. The SMILES string of the molecule is O=C(O)CN1CCC[C@H](N2CCCCCC2)C1. The minimum Gasteiger partial charge on any atom is -0.480 e. The maximum absolute atomic E-state index is 10.8. The van der Waals surface area contributed by atoms with E-state index in [-0.39, 0.29) is 6.54 Å². The molecule has 0 unspecified atom stereocenters. The van der Waals surface area contributed by atoms with Crippen molar-refractivity contribution in [1.29, 1.82) is 0 Å². The van der Waals surface area contributed by atoms with Crippen molar-refractivity contribution in [3.05, 3.63) is 0 Å². The van der Waals surface area contributed by atoms with Crippen molar-refractivity contribution in [2.45, 2.75) is 44.6 Å². The van der Waals surface area contributed by atoms with Gasteiger partial charge in [0.2, 0.25) is 0 Å². The summed E-state index contributed by atoms with van der Waals surface area (Å²) >= 11 is 0. The van der Waals surface area contributed by atoms with Crippen LogP contribution in [0.25, 0.3) is 0 Å². The van der Waals surface area contributed by atoms with Gasteiger partial charge in [-0.1, -0.05) is 12.8 Å². The molecule has 0 aliphatic carbocycles. The molecule has 0 amide bonds. The van der Waals surface area contributed by atoms with E-state index in [9.17, 15) is 4.79 Å². The summed E-state index contributed by atoms with van der Waals surface area (Å²) in [5.74, 6) is -0.693. The van der Waals surface area contributed by atoms with Crippen molar-refractivity contribution in [3.8, 4) is 0 Å². The number of likely N-dealkylation sites (tertiary alicyclic amines) is 2. The van der Waals surface area contributed by atoms with Crippen LogP contribution in [0.1, 0.15) is 38.5 Å². The van der Waals surface area contributed by atoms with Gasteiger partial charge in [0.15, 0.2) is 0 Å². The zero-order valence-corrected chi connectivity index (χ0v) is 10.6. The monoisotopic (exact) mass is 240 g/mol. The Labute approximate surface area is 104 Å². The van der Waals surface area contributed by atoms with E-state index in [1.807, 2.05) is 0 Å². The molecule has 2 heterocycles. The molecule has 1 N–H and O–H groups in total. The zero-order chi connectivity index (χ0) is 12.1. The Bertz CT molecular complexity index is 250. The van der Waals surface area contributed by atoms with Crippen LogP contribution in [-0.4, -0.2) is 59.6 Å². The topological polar surface area (TPSA) is 43.8 Å². The quantitative estimate of drug-likeness (QED) is 0.810. The standard InChI is InChI=1S/C13H24N2O2/c16-13(17)11-14-7-5-6-12(10-14)15-8-3-1-2-4-9-15/h12H,1-11H2,(H,16,17)/t12-/m0/s1. The van der Waals surface area contributed by atoms with Crippen LogP contribution in [-0.2, 0) is 4.79 Å². The largest absolute Gasteiger partial charge is 0.480 e. The molecule has 0 spiro atoms. The summed E-state index contributed by atoms with van der Waals surface area (Å²) in [5.41, 5.74) is 0. The normalized spacial score (nSPS) is 28.8. The summed E-state index contributed by atoms with van der Waals surface area (Å²) in [6, 6.07) is 0.598. The van der Waals surface area contributed by atoms with Gasteiger partial charge in [-0.25, -0.2) is 0 Å². The van der Waals surface area contributed by atoms with Gasteiger partial charge in [-0.2, -0.15) is 0 Å². The first-order valence-corrected chi connectivity index (χ1v) is 6.94. The van der Waals surface area contributed by atoms with E-state index in [4.69, 9.17) is 5.11 Å². The van der Waals surface area contributed by atoms with E-state index >= 15 is 0 Å². The van der Waals surface area contributed by atoms with E-state index in [1.54, 1.807) is 0 Å². The summed E-state index contributed by atoms with van der Waals surface area (Å²) < 4.78 is 0. The fourth-order valence-electron chi connectivity index (χ4n) is 3.12. The average molecular weight is 240 g/mol. The van der Waals surface area contributed by atoms with Gasteiger partial charge in [-0.05, 0) is 45.3 Å². The number of hydrogen-bond acceptors (Lipinski definition) is 3. The van der Waals surface area contributed by atoms with Crippen LogP contribution in [0.5, 0.6) is 0 Å². The Hall–Kier alpha value is -0.610. The first-order valence-electron chi connectivity index (χ1n) is 6.94. The summed E-state index contributed by atoms with van der Waals surface area (Å²) in [6.07, 6.45) is 7.75. The van der Waals surface area contributed by atoms with Gasteiger partial charge >= 0.3 is 5.97 Å². The highest BCUT2D eigenvalue weighted by molar-refractivity contribution is 5.69. The van der Waals surface area contributed by atoms with Crippen LogP contribution in [0.2, 0.25) is 0 Å². The smallest absolute Gasteiger partial charge is 0.317 e. The number of nitrogens with zero attached hydrogens (tertiary/aromatic N) is 2. The molecule has 1 atom stereocenters. The van der Waals surface area contributed by atoms with E-state index in [2.05, 4.69) is 9.80 Å². The second-order valence-corrected chi connectivity index (χ2v) is 5.38. The molecule has 4 nitrogen and oxygen atoms in total. The van der Waals surface area contributed by atoms with E-state index in [0.29, 0.717) is 6.04 Å². The number of carboxylic acid groups (broad SMARTS) is 1. The minimum absolute atomic E-state index is 0.213. The molecule has 2 aliphatic rings. The average Bonchev–Trinajstić information content (AvgIpc) is 2.57. The van der Waals surface area contributed by atoms with Gasteiger partial charge in [-0.3, -0.25) is 14.6 Å². The molecule has 2 fully saturated rings. The van der Waals surface area contributed by atoms with E-state index < -0.39 is 5.97 Å². The van der Waals surface area contributed by atoms with Crippen molar-refractivity contribution >= 4 is 5.97 Å². The first-order chi connectivity index (χ1) is 8.25. The molecule has 17 heavy (non-hydrogen) atoms. The van der Waals surface area contributed by atoms with Crippen LogP contribution in [0.3, 0.4) is 0 Å². The summed E-state index contributed by atoms with van der Waals surface area (Å²) in [6.45, 7) is 4.55. The second-order valence-electron chi connectivity index (χ2n) is 5.38. The maximum Gasteiger partial charge on any atom is 0.317 e. The Morgan fingerprint density at radius 3 is 2.41 bits per heavy atom. The van der Waals surface area contributed by atoms with Crippen LogP contribution in [0.4, 0.5) is 0 Å². The number of piperidine rings is 1. The predicted octanol–water partition coefficient (Wildman–Crippen LogP) is 1.41. The van der Waals surface area contributed by atoms with E-state index in [0.717, 1.165) is 19.5 Å². The Kier molecular flexibility index (Phi) is 4.80. The third-order valence-corrected chi connectivity index (χ3v) is 4.00. The van der Waals surface area contributed by atoms with Crippen LogP contribution < -0.4 is 0 Å². The number of carboxylic acids is 1. The lowest BCUT2D eigenvalue weighted by molar-refractivity contribution is -0.138. The van der Waals surface area contributed by atoms with Crippen molar-refractivity contribution in [2.24, 2.45) is 0 Å². The Morgan fingerprint density at radius 2 is 1.76 bits per heavy atom. The first kappa shape index (κ1) is 12.8. The predicted molar refractivity (Wildman–Crippen MR) is 67.1 cm³/mol. The fourth-order valence-corrected chi connectivity index (χ4v) is 3.12. The Balaban J connectivity index is 1.84. The molecule has 98 valence electrons. The van der Waals surface area contributed by atoms with Crippen molar-refractivity contribution in [1.82, 2.24) is 9.80 Å². The maximum atomic E-state index is 10.8. The lowest BCUT2D eigenvalue weighted by atomic mass is 10.0. The highest BCUT2D eigenvalue weighted by atomic mass is 16.4. The number of hydrogen-bond donors (Lipinski definition) is 1. The van der Waals surface area contributed by atoms with Gasteiger partial charge in [0.1, 0.15) is 0 Å². The second kappa shape index (κ2) is 6.36. The molecule has 4 heteroatoms. The summed E-state index contributed by atoms with van der Waals surface area (Å²) in [5, 5.41) is 8.85. The molecule has 0 aromatic heterocycles. The number of rotatable bonds is 3. The van der Waals surface area contributed by atoms with Gasteiger partial charge in [-0.15, -0.1) is 0 Å². The highest BCUT2D eigenvalue weighted by Crippen LogP contribution is 2.19. The van der Waals surface area contributed by atoms with Crippen molar-refractivity contribution in [2.75, 3.05) is 32.7 Å². The zero-order valence-electron chi connectivity index (χ0n) is 10.6. The lowest BCUT2D eigenvalue weighted by Gasteiger charge is -2.38. The van der Waals surface area contributed by atoms with E-state index in [1.165, 1.54) is 45.2 Å². The molecule has 0 aromatic carbocycles. The molecule has 2 rings (SSSR count). The minimum atomic E-state index is -0.693. The molecule has 2 aliphatic heterocycles. The molecule has 0 radical (unpaired) electrons.